The Hall–Kier alpha value is -3.36. The standard InChI is InChI=1S/C15H28N4O3.C13H14N2OS.C5H11NO/c1-18-8-6-12(7-9-18)14(11-20)19(17)10-13(16)4-2-3-5-15(21)22;1-9(14-7-16)11-3-5-12(6-4-11)13-10(2)15-8-17-13;1-6-3-2-5(7)4-6/h10-12,14H,2-9,16-17H2,1H3,(H,21,22);3-9H,1-2H3,(H,14,16);5,7H,2-4H2,1H3/b13-10-;;. The molecule has 2 aliphatic heterocycles. The van der Waals surface area contributed by atoms with Crippen molar-refractivity contribution in [3.05, 3.63) is 52.9 Å². The van der Waals surface area contributed by atoms with E-state index in [1.165, 1.54) is 15.4 Å². The van der Waals surface area contributed by atoms with Crippen molar-refractivity contribution in [1.82, 2.24) is 25.1 Å². The van der Waals surface area contributed by atoms with Crippen molar-refractivity contribution in [3.63, 3.8) is 0 Å². The van der Waals surface area contributed by atoms with E-state index in [1.807, 2.05) is 38.5 Å². The molecule has 3 atom stereocenters. The summed E-state index contributed by atoms with van der Waals surface area (Å²) >= 11 is 1.64. The second-order valence-corrected chi connectivity index (χ2v) is 13.0. The Morgan fingerprint density at radius 2 is 1.74 bits per heavy atom. The molecule has 1 amide bonds. The number of allylic oxidation sites excluding steroid dienone is 1. The van der Waals surface area contributed by atoms with Crippen molar-refractivity contribution in [2.24, 2.45) is 17.5 Å². The number of benzene rings is 1. The Bertz CT molecular complexity index is 1210. The van der Waals surface area contributed by atoms with E-state index in [0.717, 1.165) is 69.4 Å². The molecular formula is C33H53N7O5S. The number of aliphatic hydroxyl groups excluding tert-OH is 1. The van der Waals surface area contributed by atoms with Crippen molar-refractivity contribution in [2.75, 3.05) is 40.3 Å². The molecule has 1 aromatic heterocycles. The molecule has 1 aromatic carbocycles. The van der Waals surface area contributed by atoms with Gasteiger partial charge in [-0.15, -0.1) is 11.3 Å². The van der Waals surface area contributed by atoms with Gasteiger partial charge in [-0.2, -0.15) is 0 Å². The summed E-state index contributed by atoms with van der Waals surface area (Å²) in [6.07, 6.45) is 8.03. The van der Waals surface area contributed by atoms with E-state index >= 15 is 0 Å². The molecule has 13 heteroatoms. The number of aliphatic hydroxyl groups is 1. The maximum absolute atomic E-state index is 11.4. The number of rotatable bonds is 13. The van der Waals surface area contributed by atoms with Crippen LogP contribution < -0.4 is 16.9 Å². The van der Waals surface area contributed by atoms with Gasteiger partial charge in [0.25, 0.3) is 0 Å². The predicted molar refractivity (Wildman–Crippen MR) is 182 cm³/mol. The zero-order valence-corrected chi connectivity index (χ0v) is 28.5. The first-order valence-electron chi connectivity index (χ1n) is 15.9. The molecule has 0 radical (unpaired) electrons. The summed E-state index contributed by atoms with van der Waals surface area (Å²) in [5.41, 5.74) is 11.7. The SMILES string of the molecule is CN1CCC(C(C=O)N(N)/C=C(\N)CCCCC(=O)O)CC1.CN1CCC(O)C1.Cc1ncsc1-c1ccc(C(C)NC=O)cc1. The number of aromatic nitrogens is 1. The lowest BCUT2D eigenvalue weighted by molar-refractivity contribution is -0.137. The Balaban J connectivity index is 0.000000269. The number of amides is 1. The van der Waals surface area contributed by atoms with Crippen molar-refractivity contribution < 1.29 is 24.6 Å². The maximum Gasteiger partial charge on any atom is 0.303 e. The molecule has 0 saturated carbocycles. The number of hydrogen-bond donors (Lipinski definition) is 5. The third-order valence-corrected chi connectivity index (χ3v) is 9.23. The first kappa shape index (κ1) is 38.8. The molecule has 2 aromatic rings. The molecule has 256 valence electrons. The van der Waals surface area contributed by atoms with Crippen LogP contribution >= 0.6 is 11.3 Å². The number of unbranched alkanes of at least 4 members (excludes halogenated alkanes) is 1. The number of carboxylic acids is 1. The van der Waals surface area contributed by atoms with E-state index in [2.05, 4.69) is 39.3 Å². The molecule has 3 heterocycles. The molecule has 2 saturated heterocycles. The number of aryl methyl sites for hydroxylation is 1. The second kappa shape index (κ2) is 20.7. The monoisotopic (exact) mass is 659 g/mol. The Kier molecular flexibility index (Phi) is 17.5. The van der Waals surface area contributed by atoms with Gasteiger partial charge in [0.15, 0.2) is 0 Å². The van der Waals surface area contributed by atoms with E-state index in [9.17, 15) is 14.4 Å². The smallest absolute Gasteiger partial charge is 0.303 e. The van der Waals surface area contributed by atoms with Gasteiger partial charge in [0, 0.05) is 31.4 Å². The number of carbonyl (C=O) groups is 3. The minimum absolute atomic E-state index is 0.0455. The van der Waals surface area contributed by atoms with Gasteiger partial charge in [-0.1, -0.05) is 24.3 Å². The normalized spacial score (nSPS) is 18.7. The molecule has 3 unspecified atom stereocenters. The van der Waals surface area contributed by atoms with Gasteiger partial charge >= 0.3 is 5.97 Å². The number of nitrogens with one attached hydrogen (secondary N) is 1. The van der Waals surface area contributed by atoms with Crippen molar-refractivity contribution in [3.8, 4) is 10.4 Å². The molecular weight excluding hydrogens is 606 g/mol. The zero-order valence-electron chi connectivity index (χ0n) is 27.7. The highest BCUT2D eigenvalue weighted by atomic mass is 32.1. The summed E-state index contributed by atoms with van der Waals surface area (Å²) in [7, 11) is 4.09. The number of thiazole rings is 1. The van der Waals surface area contributed by atoms with Gasteiger partial charge in [0.2, 0.25) is 6.41 Å². The topological polar surface area (TPSA) is 178 Å². The summed E-state index contributed by atoms with van der Waals surface area (Å²) in [4.78, 5) is 42.0. The van der Waals surface area contributed by atoms with Crippen LogP contribution in [0.1, 0.15) is 69.2 Å². The Morgan fingerprint density at radius 1 is 1.11 bits per heavy atom. The number of piperidine rings is 1. The van der Waals surface area contributed by atoms with E-state index < -0.39 is 5.97 Å². The second-order valence-electron chi connectivity index (χ2n) is 12.1. The first-order chi connectivity index (χ1) is 21.9. The van der Waals surface area contributed by atoms with Crippen LogP contribution in [0.4, 0.5) is 0 Å². The van der Waals surface area contributed by atoms with Gasteiger partial charge < -0.3 is 40.9 Å². The fourth-order valence-corrected chi connectivity index (χ4v) is 6.17. The molecule has 12 nitrogen and oxygen atoms in total. The number of carbonyl (C=O) groups excluding carboxylic acids is 2. The van der Waals surface area contributed by atoms with Crippen LogP contribution in [0.5, 0.6) is 0 Å². The number of carboxylic acid groups (broad SMARTS) is 1. The maximum atomic E-state index is 11.4. The quantitative estimate of drug-likeness (QED) is 0.0924. The predicted octanol–water partition coefficient (Wildman–Crippen LogP) is 3.12. The van der Waals surface area contributed by atoms with Crippen LogP contribution in [0.15, 0.2) is 41.7 Å². The summed E-state index contributed by atoms with van der Waals surface area (Å²) in [5.74, 6) is 5.43. The van der Waals surface area contributed by atoms with Crippen molar-refractivity contribution in [1.29, 1.82) is 0 Å². The van der Waals surface area contributed by atoms with Crippen molar-refractivity contribution in [2.45, 2.75) is 77.0 Å². The third-order valence-electron chi connectivity index (χ3n) is 8.25. The van der Waals surface area contributed by atoms with Crippen LogP contribution in [-0.4, -0.2) is 101 Å². The number of nitrogens with two attached hydrogens (primary N) is 2. The number of aliphatic carboxylic acids is 1. The third kappa shape index (κ3) is 14.0. The highest BCUT2D eigenvalue weighted by Gasteiger charge is 2.27. The molecule has 7 N–H and O–H groups in total. The van der Waals surface area contributed by atoms with E-state index in [0.29, 0.717) is 25.0 Å². The fraction of sp³-hybridized carbons (Fsp3) is 0.576. The summed E-state index contributed by atoms with van der Waals surface area (Å²) in [6.45, 7) is 7.83. The number of aldehydes is 1. The van der Waals surface area contributed by atoms with Gasteiger partial charge in [0.05, 0.1) is 28.2 Å². The van der Waals surface area contributed by atoms with E-state index in [-0.39, 0.29) is 30.5 Å². The minimum Gasteiger partial charge on any atom is -0.481 e. The van der Waals surface area contributed by atoms with E-state index in [1.54, 1.807) is 17.5 Å². The highest BCUT2D eigenvalue weighted by molar-refractivity contribution is 7.13. The van der Waals surface area contributed by atoms with Crippen LogP contribution in [0.25, 0.3) is 10.4 Å². The molecule has 0 aliphatic carbocycles. The van der Waals surface area contributed by atoms with Gasteiger partial charge in [-0.05, 0) is 96.6 Å². The van der Waals surface area contributed by atoms with Crippen molar-refractivity contribution >= 4 is 30.0 Å². The lowest BCUT2D eigenvalue weighted by Crippen LogP contribution is -2.47. The van der Waals surface area contributed by atoms with E-state index in [4.69, 9.17) is 21.8 Å². The number of hydrogen-bond acceptors (Lipinski definition) is 11. The Labute approximate surface area is 277 Å². The average Bonchev–Trinajstić information content (AvgIpc) is 3.63. The van der Waals surface area contributed by atoms with Crippen LogP contribution in [0.3, 0.4) is 0 Å². The van der Waals surface area contributed by atoms with Gasteiger partial charge in [-0.3, -0.25) is 9.59 Å². The highest BCUT2D eigenvalue weighted by Crippen LogP contribution is 2.28. The van der Waals surface area contributed by atoms with Gasteiger partial charge in [-0.25, -0.2) is 10.8 Å². The molecule has 4 rings (SSSR count). The zero-order chi connectivity index (χ0) is 34.1. The lowest BCUT2D eigenvalue weighted by Gasteiger charge is -2.35. The molecule has 46 heavy (non-hydrogen) atoms. The number of β-amino-alcohol motifs (C(OH)–C–C–N with tert-alkyl or cyclic N) is 1. The largest absolute Gasteiger partial charge is 0.481 e. The number of hydrazine groups is 1. The Morgan fingerprint density at radius 3 is 2.22 bits per heavy atom. The van der Waals surface area contributed by atoms with Gasteiger partial charge in [0.1, 0.15) is 12.3 Å². The first-order valence-corrected chi connectivity index (χ1v) is 16.7. The molecule has 2 fully saturated rings. The van der Waals surface area contributed by atoms with Crippen LogP contribution in [0, 0.1) is 12.8 Å². The summed E-state index contributed by atoms with van der Waals surface area (Å²) < 4.78 is 0. The molecule has 2 aliphatic rings. The average molecular weight is 660 g/mol. The number of likely N-dealkylation sites (N-methyl/N-ethyl adjacent to an activating group) is 1. The van der Waals surface area contributed by atoms with Crippen LogP contribution in [0.2, 0.25) is 0 Å². The fourth-order valence-electron chi connectivity index (χ4n) is 5.35. The minimum atomic E-state index is -0.800. The van der Waals surface area contributed by atoms with Crippen LogP contribution in [-0.2, 0) is 14.4 Å². The number of likely N-dealkylation sites (tertiary alicyclic amines) is 2. The summed E-state index contributed by atoms with van der Waals surface area (Å²) in [6, 6.07) is 7.90. The number of nitrogens with zero attached hydrogens (tertiary/aromatic N) is 4. The summed E-state index contributed by atoms with van der Waals surface area (Å²) in [5, 5.41) is 21.6. The lowest BCUT2D eigenvalue weighted by atomic mass is 9.90. The molecule has 0 bridgehead atoms. The molecule has 0 spiro atoms.